The van der Waals surface area contributed by atoms with Gasteiger partial charge in [0.05, 0.1) is 18.2 Å². The van der Waals surface area contributed by atoms with Crippen molar-refractivity contribution in [2.45, 2.75) is 51.5 Å². The quantitative estimate of drug-likeness (QED) is 0.656. The van der Waals surface area contributed by atoms with Crippen molar-refractivity contribution in [2.24, 2.45) is 5.92 Å². The maximum absolute atomic E-state index is 12.8. The Hall–Kier alpha value is -2.65. The highest BCUT2D eigenvalue weighted by Gasteiger charge is 2.51. The second kappa shape index (κ2) is 8.15. The molecule has 1 aliphatic heterocycles. The first-order valence-corrected chi connectivity index (χ1v) is 8.77. The fraction of sp³-hybridized carbons (Fsp3) is 0.556. The van der Waals surface area contributed by atoms with Gasteiger partial charge in [-0.3, -0.25) is 10.1 Å². The summed E-state index contributed by atoms with van der Waals surface area (Å²) in [7, 11) is 0. The van der Waals surface area contributed by atoms with E-state index in [2.05, 4.69) is 15.4 Å². The van der Waals surface area contributed by atoms with Gasteiger partial charge in [0.2, 0.25) is 5.60 Å². The molecule has 1 aromatic rings. The summed E-state index contributed by atoms with van der Waals surface area (Å²) >= 11 is 0. The maximum Gasteiger partial charge on any atom is 0.427 e. The minimum Gasteiger partial charge on any atom is -0.486 e. The van der Waals surface area contributed by atoms with Crippen LogP contribution >= 0.6 is 0 Å². The number of fused-ring (bicyclic) bond motifs is 1. The Morgan fingerprint density at radius 1 is 1.39 bits per heavy atom. The van der Waals surface area contributed by atoms with Crippen molar-refractivity contribution in [1.82, 2.24) is 0 Å². The summed E-state index contributed by atoms with van der Waals surface area (Å²) in [5.41, 5.74) is -1.86. The Kier molecular flexibility index (Phi) is 6.30. The minimum atomic E-state index is -4.70. The number of aliphatic carboxylic acids is 1. The number of anilines is 2. The van der Waals surface area contributed by atoms with Gasteiger partial charge in [0, 0.05) is 5.69 Å². The molecule has 1 aromatic carbocycles. The normalized spacial score (nSPS) is 17.6. The van der Waals surface area contributed by atoms with Crippen LogP contribution in [0.15, 0.2) is 18.2 Å². The molecular weight excluding hydrogens is 381 g/mol. The molecule has 0 radical (unpaired) electrons. The van der Waals surface area contributed by atoms with Gasteiger partial charge in [-0.25, -0.2) is 4.79 Å². The van der Waals surface area contributed by atoms with E-state index in [9.17, 15) is 22.8 Å². The molecule has 10 heteroatoms. The van der Waals surface area contributed by atoms with Crippen LogP contribution in [0.4, 0.5) is 29.3 Å². The number of hydrogen-bond donors (Lipinski definition) is 3. The molecule has 1 heterocycles. The molecule has 28 heavy (non-hydrogen) atoms. The van der Waals surface area contributed by atoms with Crippen molar-refractivity contribution in [2.75, 3.05) is 17.2 Å². The molecule has 2 rings (SSSR count). The summed E-state index contributed by atoms with van der Waals surface area (Å²) in [4.78, 5) is 22.9. The first-order valence-electron chi connectivity index (χ1n) is 8.77. The summed E-state index contributed by atoms with van der Waals surface area (Å²) in [6.45, 7) is 3.68. The number of nitrogens with one attached hydrogen (secondary N) is 2. The molecule has 0 fully saturated rings. The zero-order chi connectivity index (χ0) is 21.1. The molecular formula is C18H23F3N2O5. The van der Waals surface area contributed by atoms with Gasteiger partial charge in [-0.15, -0.1) is 0 Å². The number of benzene rings is 1. The second-order valence-electron chi connectivity index (χ2n) is 7.03. The highest BCUT2D eigenvalue weighted by molar-refractivity contribution is 5.86. The van der Waals surface area contributed by atoms with Crippen LogP contribution in [-0.2, 0) is 9.53 Å². The number of carbonyl (C=O) groups excluding carboxylic acids is 1. The highest BCUT2D eigenvalue weighted by Crippen LogP contribution is 2.35. The van der Waals surface area contributed by atoms with Crippen LogP contribution in [0, 0.1) is 5.92 Å². The van der Waals surface area contributed by atoms with Crippen molar-refractivity contribution >= 4 is 23.4 Å². The average molecular weight is 404 g/mol. The van der Waals surface area contributed by atoms with Crippen molar-refractivity contribution in [3.63, 3.8) is 0 Å². The topological polar surface area (TPSA) is 96.9 Å². The van der Waals surface area contributed by atoms with E-state index in [4.69, 9.17) is 9.84 Å². The van der Waals surface area contributed by atoms with Gasteiger partial charge in [0.15, 0.2) is 0 Å². The molecule has 2 atom stereocenters. The number of alkyl halides is 3. The van der Waals surface area contributed by atoms with E-state index in [1.165, 1.54) is 12.1 Å². The largest absolute Gasteiger partial charge is 0.486 e. The summed E-state index contributed by atoms with van der Waals surface area (Å²) < 4.78 is 48.6. The number of rotatable bonds is 6. The Labute approximate surface area is 160 Å². The van der Waals surface area contributed by atoms with Crippen LogP contribution in [0.1, 0.15) is 33.6 Å². The van der Waals surface area contributed by atoms with Crippen LogP contribution in [0.5, 0.6) is 5.75 Å². The van der Waals surface area contributed by atoms with E-state index in [-0.39, 0.29) is 11.8 Å². The van der Waals surface area contributed by atoms with E-state index >= 15 is 0 Å². The summed E-state index contributed by atoms with van der Waals surface area (Å²) in [6.07, 6.45) is -5.43. The molecule has 0 aromatic heterocycles. The predicted molar refractivity (Wildman–Crippen MR) is 95.6 cm³/mol. The molecule has 0 saturated carbocycles. The smallest absolute Gasteiger partial charge is 0.427 e. The predicted octanol–water partition coefficient (Wildman–Crippen LogP) is 4.25. The second-order valence-corrected chi connectivity index (χ2v) is 7.03. The fourth-order valence-corrected chi connectivity index (χ4v) is 2.62. The number of carboxylic acid groups (broad SMARTS) is 1. The van der Waals surface area contributed by atoms with Crippen LogP contribution in [0.2, 0.25) is 0 Å². The third-order valence-corrected chi connectivity index (χ3v) is 4.46. The number of hydrogen-bond acceptors (Lipinski definition) is 5. The van der Waals surface area contributed by atoms with E-state index in [1.54, 1.807) is 13.0 Å². The Balaban J connectivity index is 2.00. The third kappa shape index (κ3) is 5.20. The maximum atomic E-state index is 12.8. The first kappa shape index (κ1) is 21.6. The molecule has 7 nitrogen and oxygen atoms in total. The van der Waals surface area contributed by atoms with Crippen molar-refractivity contribution in [1.29, 1.82) is 0 Å². The minimum absolute atomic E-state index is 0.230. The van der Waals surface area contributed by atoms with Gasteiger partial charge in [0.25, 0.3) is 0 Å². The Bertz CT molecular complexity index is 736. The zero-order valence-corrected chi connectivity index (χ0v) is 15.7. The fourth-order valence-electron chi connectivity index (χ4n) is 2.62. The molecule has 0 saturated heterocycles. The summed E-state index contributed by atoms with van der Waals surface area (Å²) in [5, 5.41) is 14.5. The van der Waals surface area contributed by atoms with E-state index in [1.807, 2.05) is 0 Å². The van der Waals surface area contributed by atoms with Gasteiger partial charge in [-0.1, -0.05) is 6.92 Å². The van der Waals surface area contributed by atoms with E-state index in [0.29, 0.717) is 30.8 Å². The SMILES string of the molecule is CC[C@H](C[C@H]1CNc2cc(NC(=O)OC(C)(C)C(F)(F)F)ccc2O1)C(=O)O. The molecule has 156 valence electrons. The van der Waals surface area contributed by atoms with Crippen LogP contribution in [-0.4, -0.2) is 41.6 Å². The standard InChI is InChI=1S/C18H23F3N2O5/c1-4-10(15(24)25)7-12-9-22-13-8-11(5-6-14(13)27-12)23-16(26)28-17(2,3)18(19,20)21/h5-6,8,10,12,22H,4,7,9H2,1-3H3,(H,23,26)(H,24,25)/t10-,12+/m1/s1. The number of halogens is 3. The lowest BCUT2D eigenvalue weighted by atomic mass is 9.98. The first-order chi connectivity index (χ1) is 12.9. The molecule has 1 amide bonds. The molecule has 1 aliphatic rings. The molecule has 0 aliphatic carbocycles. The van der Waals surface area contributed by atoms with E-state index in [0.717, 1.165) is 13.8 Å². The molecule has 0 unspecified atom stereocenters. The van der Waals surface area contributed by atoms with Crippen molar-refractivity contribution in [3.8, 4) is 5.75 Å². The molecule has 0 bridgehead atoms. The van der Waals surface area contributed by atoms with Gasteiger partial charge in [-0.2, -0.15) is 13.2 Å². The molecule has 3 N–H and O–H groups in total. The Morgan fingerprint density at radius 3 is 2.64 bits per heavy atom. The number of ether oxygens (including phenoxy) is 2. The Morgan fingerprint density at radius 2 is 2.07 bits per heavy atom. The zero-order valence-electron chi connectivity index (χ0n) is 15.7. The van der Waals surface area contributed by atoms with Crippen molar-refractivity contribution < 1.29 is 37.3 Å². The summed E-state index contributed by atoms with van der Waals surface area (Å²) in [6, 6.07) is 4.50. The monoisotopic (exact) mass is 404 g/mol. The summed E-state index contributed by atoms with van der Waals surface area (Å²) in [5.74, 6) is -0.927. The molecule has 0 spiro atoms. The van der Waals surface area contributed by atoms with Gasteiger partial charge in [0.1, 0.15) is 11.9 Å². The van der Waals surface area contributed by atoms with Crippen LogP contribution in [0.25, 0.3) is 0 Å². The average Bonchev–Trinajstić information content (AvgIpc) is 2.57. The third-order valence-electron chi connectivity index (χ3n) is 4.46. The van der Waals surface area contributed by atoms with Gasteiger partial charge in [-0.05, 0) is 44.9 Å². The lowest BCUT2D eigenvalue weighted by molar-refractivity contribution is -0.242. The van der Waals surface area contributed by atoms with Gasteiger partial charge >= 0.3 is 18.2 Å². The number of carboxylic acids is 1. The lowest BCUT2D eigenvalue weighted by Gasteiger charge is -2.29. The van der Waals surface area contributed by atoms with Crippen molar-refractivity contribution in [3.05, 3.63) is 18.2 Å². The van der Waals surface area contributed by atoms with E-state index < -0.39 is 29.8 Å². The van der Waals surface area contributed by atoms with Crippen LogP contribution < -0.4 is 15.4 Å². The van der Waals surface area contributed by atoms with Gasteiger partial charge < -0.3 is 19.9 Å². The number of amides is 1. The lowest BCUT2D eigenvalue weighted by Crippen LogP contribution is -2.44. The van der Waals surface area contributed by atoms with Crippen LogP contribution in [0.3, 0.4) is 0 Å². The highest BCUT2D eigenvalue weighted by atomic mass is 19.4. The number of carbonyl (C=O) groups is 2.